The van der Waals surface area contributed by atoms with Crippen molar-refractivity contribution >= 4 is 38.9 Å². The number of anilines is 1. The van der Waals surface area contributed by atoms with Crippen LogP contribution in [0.25, 0.3) is 0 Å². The number of nitrogens with zero attached hydrogens (tertiary/aromatic N) is 2. The smallest absolute Gasteiger partial charge is 0.368 e. The van der Waals surface area contributed by atoms with Gasteiger partial charge in [-0.1, -0.05) is 29.3 Å². The molecule has 2 aromatic carbocycles. The highest BCUT2D eigenvalue weighted by molar-refractivity contribution is 7.89. The number of hydrogen-bond acceptors (Lipinski definition) is 3. The molecule has 11 heteroatoms. The van der Waals surface area contributed by atoms with Gasteiger partial charge in [0.15, 0.2) is 0 Å². The first-order chi connectivity index (χ1) is 13.0. The highest BCUT2D eigenvalue weighted by Gasteiger charge is 2.39. The van der Waals surface area contributed by atoms with E-state index in [4.69, 9.17) is 23.2 Å². The van der Waals surface area contributed by atoms with Crippen molar-refractivity contribution in [3.8, 4) is 0 Å². The second kappa shape index (κ2) is 7.70. The van der Waals surface area contributed by atoms with Gasteiger partial charge in [0.1, 0.15) is 11.4 Å². The molecule has 1 heterocycles. The van der Waals surface area contributed by atoms with E-state index in [0.717, 1.165) is 10.4 Å². The van der Waals surface area contributed by atoms with Gasteiger partial charge in [-0.05, 0) is 30.3 Å². The second-order valence-electron chi connectivity index (χ2n) is 6.10. The van der Waals surface area contributed by atoms with Crippen molar-refractivity contribution in [3.05, 3.63) is 57.8 Å². The third-order valence-electron chi connectivity index (χ3n) is 4.38. The van der Waals surface area contributed by atoms with E-state index in [1.54, 1.807) is 0 Å². The Labute approximate surface area is 169 Å². The van der Waals surface area contributed by atoms with Gasteiger partial charge < -0.3 is 4.90 Å². The predicted molar refractivity (Wildman–Crippen MR) is 98.8 cm³/mol. The Kier molecular flexibility index (Phi) is 5.82. The molecule has 4 nitrogen and oxygen atoms in total. The lowest BCUT2D eigenvalue weighted by atomic mass is 10.1. The molecule has 0 bridgehead atoms. The predicted octanol–water partition coefficient (Wildman–Crippen LogP) is 4.66. The highest BCUT2D eigenvalue weighted by Crippen LogP contribution is 2.39. The van der Waals surface area contributed by atoms with Gasteiger partial charge in [-0.2, -0.15) is 17.5 Å². The van der Waals surface area contributed by atoms with E-state index in [1.165, 1.54) is 35.2 Å². The van der Waals surface area contributed by atoms with Crippen molar-refractivity contribution in [1.82, 2.24) is 4.31 Å². The Morgan fingerprint density at radius 1 is 0.929 bits per heavy atom. The van der Waals surface area contributed by atoms with Gasteiger partial charge in [0.05, 0.1) is 20.6 Å². The molecule has 0 amide bonds. The molecular weight excluding hydrogens is 443 g/mol. The summed E-state index contributed by atoms with van der Waals surface area (Å²) in [6.07, 6.45) is -4.86. The first kappa shape index (κ1) is 21.2. The zero-order valence-electron chi connectivity index (χ0n) is 14.2. The van der Waals surface area contributed by atoms with Gasteiger partial charge in [0, 0.05) is 26.2 Å². The molecular formula is C17H14Cl2F4N2O2S. The summed E-state index contributed by atoms with van der Waals surface area (Å²) in [7, 11) is -3.89. The van der Waals surface area contributed by atoms with Gasteiger partial charge in [0.2, 0.25) is 10.0 Å². The fourth-order valence-electron chi connectivity index (χ4n) is 3.01. The molecule has 0 unspecified atom stereocenters. The number of halogens is 6. The van der Waals surface area contributed by atoms with Gasteiger partial charge in [0.25, 0.3) is 0 Å². The van der Waals surface area contributed by atoms with E-state index in [2.05, 4.69) is 0 Å². The summed E-state index contributed by atoms with van der Waals surface area (Å²) in [6.45, 7) is -0.160. The standard InChI is InChI=1S/C17H14Cl2F4N2O2S/c18-12-5-4-11(10-13(12)19)28(26,27)25-8-6-24(7-9-25)15-3-1-2-14(20)16(15)17(21,22)23/h1-5,10H,6-9H2. The van der Waals surface area contributed by atoms with Crippen LogP contribution in [0, 0.1) is 5.82 Å². The molecule has 1 aliphatic heterocycles. The average molecular weight is 457 g/mol. The van der Waals surface area contributed by atoms with Crippen LogP contribution in [0.1, 0.15) is 5.56 Å². The maximum absolute atomic E-state index is 13.8. The topological polar surface area (TPSA) is 40.6 Å². The lowest BCUT2D eigenvalue weighted by Crippen LogP contribution is -2.49. The minimum Gasteiger partial charge on any atom is -0.368 e. The van der Waals surface area contributed by atoms with Crippen molar-refractivity contribution in [1.29, 1.82) is 0 Å². The lowest BCUT2D eigenvalue weighted by molar-refractivity contribution is -0.139. The molecule has 152 valence electrons. The van der Waals surface area contributed by atoms with Gasteiger partial charge in [-0.25, -0.2) is 12.8 Å². The quantitative estimate of drug-likeness (QED) is 0.630. The van der Waals surface area contributed by atoms with Crippen molar-refractivity contribution in [3.63, 3.8) is 0 Å². The molecule has 0 saturated carbocycles. The SMILES string of the molecule is O=S(=O)(c1ccc(Cl)c(Cl)c1)N1CCN(c2cccc(F)c2C(F)(F)F)CC1. The average Bonchev–Trinajstić information content (AvgIpc) is 2.62. The molecule has 2 aromatic rings. The molecule has 0 atom stereocenters. The normalized spacial score (nSPS) is 16.4. The highest BCUT2D eigenvalue weighted by atomic mass is 35.5. The van der Waals surface area contributed by atoms with Crippen molar-refractivity contribution < 1.29 is 26.0 Å². The van der Waals surface area contributed by atoms with E-state index in [1.807, 2.05) is 0 Å². The Morgan fingerprint density at radius 3 is 2.14 bits per heavy atom. The summed E-state index contributed by atoms with van der Waals surface area (Å²) in [6, 6.07) is 7.00. The number of alkyl halides is 3. The van der Waals surface area contributed by atoms with Crippen molar-refractivity contribution in [2.24, 2.45) is 0 Å². The Bertz CT molecular complexity index is 991. The largest absolute Gasteiger partial charge is 0.421 e. The molecule has 1 fully saturated rings. The number of benzene rings is 2. The van der Waals surface area contributed by atoms with Gasteiger partial charge in [-0.15, -0.1) is 0 Å². The van der Waals surface area contributed by atoms with Crippen LogP contribution in [0.3, 0.4) is 0 Å². The maximum atomic E-state index is 13.8. The van der Waals surface area contributed by atoms with E-state index in [-0.39, 0.29) is 46.8 Å². The molecule has 0 spiro atoms. The van der Waals surface area contributed by atoms with Crippen molar-refractivity contribution in [2.75, 3.05) is 31.1 Å². The molecule has 0 aliphatic carbocycles. The number of rotatable bonds is 3. The lowest BCUT2D eigenvalue weighted by Gasteiger charge is -2.36. The third-order valence-corrected chi connectivity index (χ3v) is 7.02. The Morgan fingerprint density at radius 2 is 1.57 bits per heavy atom. The number of hydrogen-bond donors (Lipinski definition) is 0. The third kappa shape index (κ3) is 4.07. The van der Waals surface area contributed by atoms with Gasteiger partial charge >= 0.3 is 6.18 Å². The summed E-state index contributed by atoms with van der Waals surface area (Å²) in [5, 5.41) is 0.284. The van der Waals surface area contributed by atoms with Crippen LogP contribution in [-0.2, 0) is 16.2 Å². The van der Waals surface area contributed by atoms with Crippen LogP contribution in [-0.4, -0.2) is 38.9 Å². The zero-order valence-corrected chi connectivity index (χ0v) is 16.5. The molecule has 28 heavy (non-hydrogen) atoms. The van der Waals surface area contributed by atoms with Crippen LogP contribution in [0.15, 0.2) is 41.3 Å². The molecule has 0 radical (unpaired) electrons. The fraction of sp³-hybridized carbons (Fsp3) is 0.294. The molecule has 0 N–H and O–H groups in total. The van der Waals surface area contributed by atoms with E-state index >= 15 is 0 Å². The molecule has 1 aliphatic rings. The van der Waals surface area contributed by atoms with Crippen LogP contribution in [0.2, 0.25) is 10.0 Å². The van der Waals surface area contributed by atoms with Gasteiger partial charge in [-0.3, -0.25) is 0 Å². The maximum Gasteiger partial charge on any atom is 0.421 e. The molecule has 1 saturated heterocycles. The first-order valence-electron chi connectivity index (χ1n) is 8.07. The fourth-order valence-corrected chi connectivity index (χ4v) is 4.82. The summed E-state index contributed by atoms with van der Waals surface area (Å²) >= 11 is 11.7. The van der Waals surface area contributed by atoms with Crippen LogP contribution in [0.4, 0.5) is 23.2 Å². The first-order valence-corrected chi connectivity index (χ1v) is 10.3. The zero-order chi connectivity index (χ0) is 20.7. The summed E-state index contributed by atoms with van der Waals surface area (Å²) in [4.78, 5) is 1.27. The molecule has 3 rings (SSSR count). The van der Waals surface area contributed by atoms with E-state index < -0.39 is 27.6 Å². The summed E-state index contributed by atoms with van der Waals surface area (Å²) < 4.78 is 80.1. The number of piperazine rings is 1. The van der Waals surface area contributed by atoms with E-state index in [0.29, 0.717) is 0 Å². The Balaban J connectivity index is 1.82. The van der Waals surface area contributed by atoms with Crippen LogP contribution >= 0.6 is 23.2 Å². The summed E-state index contributed by atoms with van der Waals surface area (Å²) in [5.74, 6) is -1.36. The number of sulfonamides is 1. The van der Waals surface area contributed by atoms with Crippen LogP contribution in [0.5, 0.6) is 0 Å². The Hall–Kier alpha value is -1.55. The monoisotopic (exact) mass is 456 g/mol. The second-order valence-corrected chi connectivity index (χ2v) is 8.85. The van der Waals surface area contributed by atoms with Crippen molar-refractivity contribution in [2.45, 2.75) is 11.1 Å². The minimum atomic E-state index is -4.86. The molecule has 0 aromatic heterocycles. The van der Waals surface area contributed by atoms with Crippen LogP contribution < -0.4 is 4.90 Å². The summed E-state index contributed by atoms with van der Waals surface area (Å²) in [5.41, 5.74) is -1.66. The van der Waals surface area contributed by atoms with E-state index in [9.17, 15) is 26.0 Å². The minimum absolute atomic E-state index is 0.0207.